The number of furan rings is 1. The summed E-state index contributed by atoms with van der Waals surface area (Å²) in [4.78, 5) is 30.2. The molecular formula is C24H24N2O5S. The molecule has 2 heterocycles. The first kappa shape index (κ1) is 21.8. The maximum atomic E-state index is 13.1. The van der Waals surface area contributed by atoms with Crippen LogP contribution in [0.4, 0.5) is 5.00 Å². The van der Waals surface area contributed by atoms with Crippen molar-refractivity contribution in [3.63, 3.8) is 0 Å². The predicted octanol–water partition coefficient (Wildman–Crippen LogP) is 4.83. The molecule has 3 aromatic rings. The smallest absolute Gasteiger partial charge is 0.308 e. The second-order valence-electron chi connectivity index (χ2n) is 7.42. The fraction of sp³-hybridized carbons (Fsp3) is 0.292. The molecule has 0 radical (unpaired) electrons. The fourth-order valence-electron chi connectivity index (χ4n) is 3.68. The zero-order valence-electron chi connectivity index (χ0n) is 18.0. The van der Waals surface area contributed by atoms with Gasteiger partial charge in [0.15, 0.2) is 11.5 Å². The lowest BCUT2D eigenvalue weighted by Crippen LogP contribution is -2.23. The number of methoxy groups -OCH3 is 1. The number of aliphatic imine (C=N–C) groups is 1. The van der Waals surface area contributed by atoms with Crippen LogP contribution in [0.25, 0.3) is 0 Å². The topological polar surface area (TPSA) is 90.1 Å². The predicted molar refractivity (Wildman–Crippen MR) is 122 cm³/mol. The van der Waals surface area contributed by atoms with Gasteiger partial charge in [0.05, 0.1) is 25.5 Å². The number of amides is 1. The number of ether oxygens (including phenoxy) is 2. The number of nitrogens with one attached hydrogen (secondary N) is 1. The summed E-state index contributed by atoms with van der Waals surface area (Å²) in [5, 5.41) is 3.64. The van der Waals surface area contributed by atoms with Crippen LogP contribution in [0, 0.1) is 0 Å². The normalized spacial score (nSPS) is 13.1. The van der Waals surface area contributed by atoms with Crippen molar-refractivity contribution in [3.8, 4) is 11.5 Å². The Morgan fingerprint density at radius 2 is 2.06 bits per heavy atom. The zero-order chi connectivity index (χ0) is 22.5. The van der Waals surface area contributed by atoms with Crippen LogP contribution < -0.4 is 14.8 Å². The number of thiophene rings is 1. The third-order valence-electron chi connectivity index (χ3n) is 5.16. The van der Waals surface area contributed by atoms with Gasteiger partial charge < -0.3 is 19.2 Å². The Balaban J connectivity index is 1.60. The average Bonchev–Trinajstić information content (AvgIpc) is 3.44. The summed E-state index contributed by atoms with van der Waals surface area (Å²) in [6.07, 6.45) is 7.33. The van der Waals surface area contributed by atoms with Gasteiger partial charge in [-0.3, -0.25) is 9.59 Å². The van der Waals surface area contributed by atoms with E-state index in [9.17, 15) is 9.59 Å². The number of hydrogen-bond donors (Lipinski definition) is 1. The molecule has 7 nitrogen and oxygen atoms in total. The van der Waals surface area contributed by atoms with E-state index in [0.29, 0.717) is 34.4 Å². The van der Waals surface area contributed by atoms with E-state index in [-0.39, 0.29) is 5.91 Å². The molecular weight excluding hydrogens is 428 g/mol. The van der Waals surface area contributed by atoms with Gasteiger partial charge in [-0.15, -0.1) is 11.3 Å². The van der Waals surface area contributed by atoms with Crippen molar-refractivity contribution in [1.29, 1.82) is 0 Å². The van der Waals surface area contributed by atoms with Crippen LogP contribution in [-0.2, 0) is 24.2 Å². The number of hydrogen-bond acceptors (Lipinski definition) is 7. The number of benzene rings is 1. The second-order valence-corrected chi connectivity index (χ2v) is 8.50. The number of carbonyl (C=O) groups is 2. The van der Waals surface area contributed by atoms with E-state index in [1.165, 1.54) is 18.9 Å². The molecule has 0 saturated carbocycles. The highest BCUT2D eigenvalue weighted by atomic mass is 32.1. The van der Waals surface area contributed by atoms with E-state index < -0.39 is 5.97 Å². The van der Waals surface area contributed by atoms with Crippen molar-refractivity contribution in [2.24, 2.45) is 4.99 Å². The maximum Gasteiger partial charge on any atom is 0.308 e. The Morgan fingerprint density at radius 1 is 1.22 bits per heavy atom. The van der Waals surface area contributed by atoms with Crippen LogP contribution in [0.15, 0.2) is 46.0 Å². The van der Waals surface area contributed by atoms with Crippen molar-refractivity contribution < 1.29 is 23.5 Å². The zero-order valence-corrected chi connectivity index (χ0v) is 18.8. The van der Waals surface area contributed by atoms with E-state index in [4.69, 9.17) is 13.9 Å². The minimum atomic E-state index is -0.418. The van der Waals surface area contributed by atoms with Gasteiger partial charge >= 0.3 is 5.97 Å². The van der Waals surface area contributed by atoms with Gasteiger partial charge in [0.2, 0.25) is 0 Å². The minimum absolute atomic E-state index is 0.143. The van der Waals surface area contributed by atoms with Crippen LogP contribution in [0.2, 0.25) is 0 Å². The number of esters is 1. The molecule has 4 rings (SSSR count). The summed E-state index contributed by atoms with van der Waals surface area (Å²) < 4.78 is 15.8. The quantitative estimate of drug-likeness (QED) is 0.315. The Hall–Kier alpha value is -3.39. The van der Waals surface area contributed by atoms with E-state index in [2.05, 4.69) is 10.3 Å². The summed E-state index contributed by atoms with van der Waals surface area (Å²) >= 11 is 1.57. The van der Waals surface area contributed by atoms with Crippen molar-refractivity contribution in [1.82, 2.24) is 5.32 Å². The third-order valence-corrected chi connectivity index (χ3v) is 6.36. The van der Waals surface area contributed by atoms with E-state index in [1.54, 1.807) is 48.1 Å². The Labute approximate surface area is 190 Å². The second kappa shape index (κ2) is 9.82. The van der Waals surface area contributed by atoms with Crippen LogP contribution in [-0.4, -0.2) is 25.2 Å². The Bertz CT molecular complexity index is 1150. The largest absolute Gasteiger partial charge is 0.493 e. The highest BCUT2D eigenvalue weighted by Gasteiger charge is 2.25. The number of nitrogens with zero attached hydrogens (tertiary/aromatic N) is 1. The number of aryl methyl sites for hydroxylation is 1. The molecule has 8 heteroatoms. The van der Waals surface area contributed by atoms with Gasteiger partial charge in [0.25, 0.3) is 5.91 Å². The van der Waals surface area contributed by atoms with Crippen LogP contribution in [0.3, 0.4) is 0 Å². The first-order valence-corrected chi connectivity index (χ1v) is 11.2. The Morgan fingerprint density at radius 3 is 2.81 bits per heavy atom. The average molecular weight is 453 g/mol. The molecule has 0 atom stereocenters. The summed E-state index contributed by atoms with van der Waals surface area (Å²) in [7, 11) is 1.51. The first-order valence-electron chi connectivity index (χ1n) is 10.4. The molecule has 1 N–H and O–H groups in total. The lowest BCUT2D eigenvalue weighted by atomic mass is 9.95. The summed E-state index contributed by atoms with van der Waals surface area (Å²) in [5.41, 5.74) is 2.52. The SMILES string of the molecule is COc1cc(C=Nc2sc3c(c2C(=O)NCc2ccco2)CCCC3)ccc1OC(C)=O. The monoisotopic (exact) mass is 452 g/mol. The molecule has 32 heavy (non-hydrogen) atoms. The van der Waals surface area contributed by atoms with Gasteiger partial charge in [-0.1, -0.05) is 0 Å². The Kier molecular flexibility index (Phi) is 6.70. The molecule has 2 aromatic heterocycles. The molecule has 1 aliphatic rings. The molecule has 166 valence electrons. The van der Waals surface area contributed by atoms with Crippen LogP contribution in [0.1, 0.15) is 51.9 Å². The lowest BCUT2D eigenvalue weighted by Gasteiger charge is -2.12. The molecule has 1 amide bonds. The molecule has 0 saturated heterocycles. The van der Waals surface area contributed by atoms with Crippen molar-refractivity contribution in [2.45, 2.75) is 39.2 Å². The van der Waals surface area contributed by atoms with Gasteiger partial charge in [0, 0.05) is 18.0 Å². The van der Waals surface area contributed by atoms with Crippen molar-refractivity contribution >= 4 is 34.4 Å². The third kappa shape index (κ3) is 4.91. The van der Waals surface area contributed by atoms with Gasteiger partial charge in [-0.05, 0) is 67.1 Å². The summed E-state index contributed by atoms with van der Waals surface area (Å²) in [5.74, 6) is 0.926. The van der Waals surface area contributed by atoms with Gasteiger partial charge in [0.1, 0.15) is 10.8 Å². The van der Waals surface area contributed by atoms with E-state index in [0.717, 1.165) is 36.8 Å². The molecule has 0 unspecified atom stereocenters. The number of rotatable bonds is 7. The molecule has 1 aromatic carbocycles. The minimum Gasteiger partial charge on any atom is -0.493 e. The molecule has 1 aliphatic carbocycles. The highest BCUT2D eigenvalue weighted by Crippen LogP contribution is 2.40. The molecule has 0 aliphatic heterocycles. The summed E-state index contributed by atoms with van der Waals surface area (Å²) in [6.45, 7) is 1.67. The standard InChI is InChI=1S/C24H24N2O5S/c1-15(27)31-19-10-9-16(12-20(19)29-2)13-26-24-22(18-7-3-4-8-21(18)32-24)23(28)25-14-17-6-5-11-30-17/h5-6,9-13H,3-4,7-8,14H2,1-2H3,(H,25,28). The van der Waals surface area contributed by atoms with Crippen LogP contribution in [0.5, 0.6) is 11.5 Å². The lowest BCUT2D eigenvalue weighted by molar-refractivity contribution is -0.132. The van der Waals surface area contributed by atoms with E-state index in [1.807, 2.05) is 6.07 Å². The maximum absolute atomic E-state index is 13.1. The number of fused-ring (bicyclic) bond motifs is 1. The van der Waals surface area contributed by atoms with Crippen LogP contribution >= 0.6 is 11.3 Å². The molecule has 0 bridgehead atoms. The van der Waals surface area contributed by atoms with E-state index >= 15 is 0 Å². The first-order chi connectivity index (χ1) is 15.5. The van der Waals surface area contributed by atoms with Crippen molar-refractivity contribution in [2.75, 3.05) is 7.11 Å². The van der Waals surface area contributed by atoms with Crippen molar-refractivity contribution in [3.05, 3.63) is 63.9 Å². The van der Waals surface area contributed by atoms with Gasteiger partial charge in [-0.25, -0.2) is 4.99 Å². The van der Waals surface area contributed by atoms with Gasteiger partial charge in [-0.2, -0.15) is 0 Å². The highest BCUT2D eigenvalue weighted by molar-refractivity contribution is 7.16. The summed E-state index contributed by atoms with van der Waals surface area (Å²) in [6, 6.07) is 8.82. The number of carbonyl (C=O) groups excluding carboxylic acids is 2. The molecule has 0 fully saturated rings. The fourth-order valence-corrected chi connectivity index (χ4v) is 4.91. The molecule has 0 spiro atoms.